The van der Waals surface area contributed by atoms with Gasteiger partial charge in [0.25, 0.3) is 0 Å². The maximum absolute atomic E-state index is 12.6. The summed E-state index contributed by atoms with van der Waals surface area (Å²) >= 11 is 0. The number of fused-ring (bicyclic) bond motifs is 1. The number of amides is 1. The van der Waals surface area contributed by atoms with Crippen molar-refractivity contribution in [3.8, 4) is 11.4 Å². The van der Waals surface area contributed by atoms with E-state index < -0.39 is 5.54 Å². The number of rotatable bonds is 3. The Balaban J connectivity index is 1.49. The second kappa shape index (κ2) is 7.19. The van der Waals surface area contributed by atoms with Crippen LogP contribution in [0, 0.1) is 0 Å². The number of aromatic nitrogens is 3. The van der Waals surface area contributed by atoms with Crippen LogP contribution in [0.2, 0.25) is 0 Å². The summed E-state index contributed by atoms with van der Waals surface area (Å²) in [5, 5.41) is 11.7. The average Bonchev–Trinajstić information content (AvgIpc) is 2.91. The van der Waals surface area contributed by atoms with Gasteiger partial charge in [0.2, 0.25) is 5.91 Å². The van der Waals surface area contributed by atoms with Gasteiger partial charge in [-0.1, -0.05) is 25.7 Å². The first kappa shape index (κ1) is 17.2. The summed E-state index contributed by atoms with van der Waals surface area (Å²) in [4.78, 5) is 12.6. The minimum absolute atomic E-state index is 0.0682. The van der Waals surface area contributed by atoms with Crippen LogP contribution < -0.4 is 11.1 Å². The van der Waals surface area contributed by atoms with Gasteiger partial charge in [0.05, 0.1) is 5.54 Å². The number of hydrogen-bond acceptors (Lipinski definition) is 4. The van der Waals surface area contributed by atoms with Crippen LogP contribution >= 0.6 is 0 Å². The zero-order valence-electron chi connectivity index (χ0n) is 15.2. The first-order valence-electron chi connectivity index (χ1n) is 9.79. The molecular weight excluding hydrogens is 326 g/mol. The van der Waals surface area contributed by atoms with E-state index in [0.29, 0.717) is 0 Å². The molecule has 1 fully saturated rings. The van der Waals surface area contributed by atoms with Gasteiger partial charge in [0.15, 0.2) is 5.82 Å². The SMILES string of the molecule is NC1(C(=O)Nc2ccc(-c3nnc4n3CCCCC4)cc2)CCCCC1. The maximum Gasteiger partial charge on any atom is 0.244 e. The molecule has 1 aromatic heterocycles. The highest BCUT2D eigenvalue weighted by Crippen LogP contribution is 2.28. The fourth-order valence-electron chi connectivity index (χ4n) is 4.07. The van der Waals surface area contributed by atoms with Gasteiger partial charge >= 0.3 is 0 Å². The van der Waals surface area contributed by atoms with Gasteiger partial charge < -0.3 is 15.6 Å². The fourth-order valence-corrected chi connectivity index (χ4v) is 4.07. The molecular formula is C20H27N5O. The van der Waals surface area contributed by atoms with Crippen molar-refractivity contribution in [3.05, 3.63) is 30.1 Å². The third-order valence-electron chi connectivity index (χ3n) is 5.71. The standard InChI is InChI=1S/C20H27N5O/c21-20(12-4-2-5-13-20)19(26)22-16-10-8-15(9-11-16)18-24-23-17-7-3-1-6-14-25(17)18/h8-11H,1-7,12-14,21H2,(H,22,26). The second-order valence-electron chi connectivity index (χ2n) is 7.65. The number of carbonyl (C=O) groups is 1. The van der Waals surface area contributed by atoms with Crippen LogP contribution in [0.3, 0.4) is 0 Å². The molecule has 1 amide bonds. The lowest BCUT2D eigenvalue weighted by Gasteiger charge is -2.31. The number of aryl methyl sites for hydroxylation is 1. The lowest BCUT2D eigenvalue weighted by Crippen LogP contribution is -2.52. The van der Waals surface area contributed by atoms with Gasteiger partial charge in [-0.2, -0.15) is 0 Å². The topological polar surface area (TPSA) is 85.8 Å². The summed E-state index contributed by atoms with van der Waals surface area (Å²) < 4.78 is 2.23. The molecule has 138 valence electrons. The molecule has 26 heavy (non-hydrogen) atoms. The van der Waals surface area contributed by atoms with Crippen molar-refractivity contribution < 1.29 is 4.79 Å². The summed E-state index contributed by atoms with van der Waals surface area (Å²) in [6.07, 6.45) is 9.36. The number of carbonyl (C=O) groups excluding carboxylic acids is 1. The Morgan fingerprint density at radius 3 is 2.50 bits per heavy atom. The fraction of sp³-hybridized carbons (Fsp3) is 0.550. The summed E-state index contributed by atoms with van der Waals surface area (Å²) in [6, 6.07) is 7.86. The molecule has 6 nitrogen and oxygen atoms in total. The summed E-state index contributed by atoms with van der Waals surface area (Å²) in [6.45, 7) is 0.978. The lowest BCUT2D eigenvalue weighted by atomic mass is 9.82. The van der Waals surface area contributed by atoms with Crippen LogP contribution in [0.25, 0.3) is 11.4 Å². The van der Waals surface area contributed by atoms with Crippen LogP contribution in [0.15, 0.2) is 24.3 Å². The summed E-state index contributed by atoms with van der Waals surface area (Å²) in [5.74, 6) is 1.93. The van der Waals surface area contributed by atoms with E-state index in [1.807, 2.05) is 24.3 Å². The zero-order valence-corrected chi connectivity index (χ0v) is 15.2. The first-order valence-corrected chi connectivity index (χ1v) is 9.79. The Hall–Kier alpha value is -2.21. The Morgan fingerprint density at radius 2 is 1.73 bits per heavy atom. The molecule has 1 aliphatic carbocycles. The van der Waals surface area contributed by atoms with Crippen LogP contribution in [0.1, 0.15) is 57.2 Å². The number of hydrogen-bond donors (Lipinski definition) is 2. The second-order valence-corrected chi connectivity index (χ2v) is 7.65. The van der Waals surface area contributed by atoms with E-state index in [9.17, 15) is 4.79 Å². The Morgan fingerprint density at radius 1 is 1.00 bits per heavy atom. The third kappa shape index (κ3) is 3.38. The smallest absolute Gasteiger partial charge is 0.244 e. The highest BCUT2D eigenvalue weighted by molar-refractivity contribution is 5.98. The summed E-state index contributed by atoms with van der Waals surface area (Å²) in [5.41, 5.74) is 7.41. The van der Waals surface area contributed by atoms with Gasteiger partial charge in [0, 0.05) is 24.2 Å². The zero-order chi connectivity index (χ0) is 18.0. The van der Waals surface area contributed by atoms with Crippen LogP contribution in [-0.4, -0.2) is 26.2 Å². The maximum atomic E-state index is 12.6. The largest absolute Gasteiger partial charge is 0.324 e. The highest BCUT2D eigenvalue weighted by atomic mass is 16.2. The van der Waals surface area contributed by atoms with Gasteiger partial charge in [0.1, 0.15) is 5.82 Å². The molecule has 2 heterocycles. The highest BCUT2D eigenvalue weighted by Gasteiger charge is 2.35. The van der Waals surface area contributed by atoms with E-state index in [2.05, 4.69) is 20.1 Å². The van der Waals surface area contributed by atoms with Gasteiger partial charge in [-0.05, 0) is 49.9 Å². The average molecular weight is 353 g/mol. The Labute approximate surface area is 154 Å². The lowest BCUT2D eigenvalue weighted by molar-refractivity contribution is -0.122. The van der Waals surface area contributed by atoms with Crippen molar-refractivity contribution in [2.45, 2.75) is 69.9 Å². The molecule has 0 saturated heterocycles. The molecule has 0 spiro atoms. The monoisotopic (exact) mass is 353 g/mol. The number of benzene rings is 1. The summed E-state index contributed by atoms with van der Waals surface area (Å²) in [7, 11) is 0. The van der Waals surface area contributed by atoms with E-state index in [-0.39, 0.29) is 5.91 Å². The normalized spacial score (nSPS) is 19.4. The van der Waals surface area contributed by atoms with Crippen LogP contribution in [0.5, 0.6) is 0 Å². The van der Waals surface area contributed by atoms with Gasteiger partial charge in [-0.3, -0.25) is 4.79 Å². The van der Waals surface area contributed by atoms with E-state index in [1.54, 1.807) is 0 Å². The van der Waals surface area contributed by atoms with E-state index >= 15 is 0 Å². The molecule has 3 N–H and O–H groups in total. The molecule has 0 atom stereocenters. The Kier molecular flexibility index (Phi) is 4.76. The van der Waals surface area contributed by atoms with Crippen molar-refractivity contribution >= 4 is 11.6 Å². The number of anilines is 1. The molecule has 0 unspecified atom stereocenters. The molecule has 1 aliphatic heterocycles. The molecule has 2 aromatic rings. The minimum atomic E-state index is -0.721. The predicted octanol–water partition coefficient (Wildman–Crippen LogP) is 3.27. The van der Waals surface area contributed by atoms with Crippen molar-refractivity contribution in [2.24, 2.45) is 5.73 Å². The Bertz CT molecular complexity index is 774. The first-order chi connectivity index (χ1) is 12.7. The number of nitrogens with two attached hydrogens (primary N) is 1. The molecule has 0 radical (unpaired) electrons. The number of nitrogens with zero attached hydrogens (tertiary/aromatic N) is 3. The molecule has 4 rings (SSSR count). The predicted molar refractivity (Wildman–Crippen MR) is 102 cm³/mol. The quantitative estimate of drug-likeness (QED) is 0.887. The van der Waals surface area contributed by atoms with Crippen LogP contribution in [0.4, 0.5) is 5.69 Å². The molecule has 6 heteroatoms. The molecule has 2 aliphatic rings. The minimum Gasteiger partial charge on any atom is -0.324 e. The van der Waals surface area contributed by atoms with E-state index in [1.165, 1.54) is 25.7 Å². The van der Waals surface area contributed by atoms with Crippen molar-refractivity contribution in [3.63, 3.8) is 0 Å². The molecule has 1 saturated carbocycles. The third-order valence-corrected chi connectivity index (χ3v) is 5.71. The van der Waals surface area contributed by atoms with Gasteiger partial charge in [-0.15, -0.1) is 10.2 Å². The molecule has 0 bridgehead atoms. The van der Waals surface area contributed by atoms with Crippen molar-refractivity contribution in [1.82, 2.24) is 14.8 Å². The molecule has 1 aromatic carbocycles. The van der Waals surface area contributed by atoms with Gasteiger partial charge in [-0.25, -0.2) is 0 Å². The van der Waals surface area contributed by atoms with E-state index in [0.717, 1.165) is 61.5 Å². The van der Waals surface area contributed by atoms with Crippen LogP contribution in [-0.2, 0) is 17.8 Å². The van der Waals surface area contributed by atoms with Crippen molar-refractivity contribution in [2.75, 3.05) is 5.32 Å². The van der Waals surface area contributed by atoms with Crippen molar-refractivity contribution in [1.29, 1.82) is 0 Å². The van der Waals surface area contributed by atoms with E-state index in [4.69, 9.17) is 5.73 Å². The number of nitrogens with one attached hydrogen (secondary N) is 1.